The first-order valence-electron chi connectivity index (χ1n) is 6.12. The summed E-state index contributed by atoms with van der Waals surface area (Å²) in [7, 11) is 0. The van der Waals surface area contributed by atoms with Gasteiger partial charge >= 0.3 is 0 Å². The summed E-state index contributed by atoms with van der Waals surface area (Å²) in [5.41, 5.74) is 0. The fourth-order valence-electron chi connectivity index (χ4n) is 2.01. The number of hydrogen-bond donors (Lipinski definition) is 1. The third kappa shape index (κ3) is 2.46. The predicted molar refractivity (Wildman–Crippen MR) is 61.5 cm³/mol. The molecule has 0 aromatic carbocycles. The van der Waals surface area contributed by atoms with Crippen molar-refractivity contribution in [2.45, 2.75) is 32.7 Å². The summed E-state index contributed by atoms with van der Waals surface area (Å²) in [5.74, 6) is 0.526. The number of hydrogen-bond acceptors (Lipinski definition) is 5. The Morgan fingerprint density at radius 2 is 2.29 bits per heavy atom. The summed E-state index contributed by atoms with van der Waals surface area (Å²) in [6.45, 7) is 6.13. The molecule has 6 heteroatoms. The zero-order chi connectivity index (χ0) is 12.3. The molecule has 1 unspecified atom stereocenters. The summed E-state index contributed by atoms with van der Waals surface area (Å²) in [6, 6.07) is 0.112. The van der Waals surface area contributed by atoms with Crippen LogP contribution < -0.4 is 5.32 Å². The monoisotopic (exact) mass is 238 g/mol. The van der Waals surface area contributed by atoms with Gasteiger partial charge in [-0.3, -0.25) is 4.79 Å². The number of nitrogens with one attached hydrogen (secondary N) is 1. The van der Waals surface area contributed by atoms with Crippen molar-refractivity contribution in [2.75, 3.05) is 19.6 Å². The third-order valence-electron chi connectivity index (χ3n) is 3.04. The van der Waals surface area contributed by atoms with E-state index in [1.165, 1.54) is 0 Å². The minimum Gasteiger partial charge on any atom is -0.337 e. The smallest absolute Gasteiger partial charge is 0.295 e. The molecule has 1 aliphatic heterocycles. The van der Waals surface area contributed by atoms with Crippen LogP contribution in [0.3, 0.4) is 0 Å². The minimum atomic E-state index is -0.164. The third-order valence-corrected chi connectivity index (χ3v) is 3.04. The van der Waals surface area contributed by atoms with Gasteiger partial charge in [-0.05, 0) is 33.2 Å². The lowest BCUT2D eigenvalue weighted by molar-refractivity contribution is 0.0757. The highest BCUT2D eigenvalue weighted by atomic mass is 16.5. The number of carbonyl (C=O) groups is 1. The molecule has 0 aliphatic carbocycles. The molecule has 1 saturated heterocycles. The standard InChI is InChI=1S/C11H18N4O2/c1-3-15(4-2)11(16)9-13-10(17-14-9)8-6-5-7-12-8/h8,12H,3-7H2,1-2H3. The van der Waals surface area contributed by atoms with Crippen LogP contribution in [0.1, 0.15) is 49.2 Å². The van der Waals surface area contributed by atoms with Crippen LogP contribution in [0.5, 0.6) is 0 Å². The second-order valence-corrected chi connectivity index (χ2v) is 4.08. The number of rotatable bonds is 4. The molecular weight excluding hydrogens is 220 g/mol. The first kappa shape index (κ1) is 12.0. The molecule has 94 valence electrons. The summed E-state index contributed by atoms with van der Waals surface area (Å²) < 4.78 is 5.14. The van der Waals surface area contributed by atoms with Gasteiger partial charge in [0.1, 0.15) is 0 Å². The molecule has 6 nitrogen and oxygen atoms in total. The van der Waals surface area contributed by atoms with Crippen LogP contribution in [0.15, 0.2) is 4.52 Å². The van der Waals surface area contributed by atoms with Gasteiger partial charge in [-0.1, -0.05) is 5.16 Å². The maximum absolute atomic E-state index is 12.0. The quantitative estimate of drug-likeness (QED) is 0.846. The van der Waals surface area contributed by atoms with Crippen molar-refractivity contribution in [1.29, 1.82) is 0 Å². The molecule has 0 radical (unpaired) electrons. The van der Waals surface area contributed by atoms with Gasteiger partial charge < -0.3 is 14.7 Å². The summed E-state index contributed by atoms with van der Waals surface area (Å²) >= 11 is 0. The van der Waals surface area contributed by atoms with E-state index in [0.717, 1.165) is 19.4 Å². The van der Waals surface area contributed by atoms with Crippen LogP contribution in [0, 0.1) is 0 Å². The summed E-state index contributed by atoms with van der Waals surface area (Å²) in [4.78, 5) is 17.8. The van der Waals surface area contributed by atoms with E-state index in [0.29, 0.717) is 19.0 Å². The fourth-order valence-corrected chi connectivity index (χ4v) is 2.01. The van der Waals surface area contributed by atoms with E-state index in [-0.39, 0.29) is 17.8 Å². The number of amides is 1. The number of aromatic nitrogens is 2. The van der Waals surface area contributed by atoms with Crippen LogP contribution in [-0.2, 0) is 0 Å². The van der Waals surface area contributed by atoms with Crippen molar-refractivity contribution in [3.63, 3.8) is 0 Å². The molecule has 1 fully saturated rings. The first-order chi connectivity index (χ1) is 8.26. The molecule has 1 aromatic rings. The first-order valence-corrected chi connectivity index (χ1v) is 6.12. The van der Waals surface area contributed by atoms with Crippen LogP contribution in [-0.4, -0.2) is 40.6 Å². The zero-order valence-corrected chi connectivity index (χ0v) is 10.3. The van der Waals surface area contributed by atoms with E-state index in [2.05, 4.69) is 15.5 Å². The Morgan fingerprint density at radius 1 is 1.53 bits per heavy atom. The van der Waals surface area contributed by atoms with Gasteiger partial charge in [0.2, 0.25) is 5.89 Å². The van der Waals surface area contributed by atoms with Crippen molar-refractivity contribution in [3.05, 3.63) is 11.7 Å². The Kier molecular flexibility index (Phi) is 3.73. The number of carbonyl (C=O) groups excluding carboxylic acids is 1. The van der Waals surface area contributed by atoms with Gasteiger partial charge in [0, 0.05) is 13.1 Å². The van der Waals surface area contributed by atoms with Crippen LogP contribution in [0.25, 0.3) is 0 Å². The predicted octanol–water partition coefficient (Wildman–Crippen LogP) is 0.976. The van der Waals surface area contributed by atoms with E-state index >= 15 is 0 Å². The molecule has 0 spiro atoms. The van der Waals surface area contributed by atoms with Gasteiger partial charge in [-0.2, -0.15) is 4.98 Å². The van der Waals surface area contributed by atoms with E-state index in [1.807, 2.05) is 13.8 Å². The van der Waals surface area contributed by atoms with E-state index in [9.17, 15) is 4.79 Å². The maximum Gasteiger partial charge on any atom is 0.295 e. The van der Waals surface area contributed by atoms with Gasteiger partial charge in [0.05, 0.1) is 6.04 Å². The Bertz CT molecular complexity index is 381. The molecule has 1 amide bonds. The SMILES string of the molecule is CCN(CC)C(=O)c1noc(C2CCCN2)n1. The van der Waals surface area contributed by atoms with Crippen LogP contribution in [0.4, 0.5) is 0 Å². The van der Waals surface area contributed by atoms with Crippen molar-refractivity contribution >= 4 is 5.91 Å². The lowest BCUT2D eigenvalue weighted by Gasteiger charge is -2.15. The normalized spacial score (nSPS) is 19.5. The Morgan fingerprint density at radius 3 is 2.88 bits per heavy atom. The highest BCUT2D eigenvalue weighted by molar-refractivity contribution is 5.90. The molecule has 2 rings (SSSR count). The summed E-state index contributed by atoms with van der Waals surface area (Å²) in [5, 5.41) is 7.02. The minimum absolute atomic E-state index is 0.112. The Balaban J connectivity index is 2.09. The highest BCUT2D eigenvalue weighted by Crippen LogP contribution is 2.21. The molecule has 17 heavy (non-hydrogen) atoms. The Labute approximate surface area is 100 Å². The molecule has 1 aliphatic rings. The van der Waals surface area contributed by atoms with Crippen molar-refractivity contribution in [1.82, 2.24) is 20.4 Å². The molecule has 0 bridgehead atoms. The molecule has 2 heterocycles. The average Bonchev–Trinajstić information content (AvgIpc) is 3.01. The Hall–Kier alpha value is -1.43. The fraction of sp³-hybridized carbons (Fsp3) is 0.727. The highest BCUT2D eigenvalue weighted by Gasteiger charge is 2.25. The second-order valence-electron chi connectivity index (χ2n) is 4.08. The molecular formula is C11H18N4O2. The largest absolute Gasteiger partial charge is 0.337 e. The second kappa shape index (κ2) is 5.27. The van der Waals surface area contributed by atoms with Gasteiger partial charge in [-0.15, -0.1) is 0 Å². The maximum atomic E-state index is 12.0. The van der Waals surface area contributed by atoms with Crippen molar-refractivity contribution in [2.24, 2.45) is 0 Å². The molecule has 1 atom stereocenters. The number of nitrogens with zero attached hydrogens (tertiary/aromatic N) is 3. The summed E-state index contributed by atoms with van der Waals surface area (Å²) in [6.07, 6.45) is 2.09. The van der Waals surface area contributed by atoms with Crippen LogP contribution in [0.2, 0.25) is 0 Å². The van der Waals surface area contributed by atoms with E-state index < -0.39 is 0 Å². The topological polar surface area (TPSA) is 71.3 Å². The van der Waals surface area contributed by atoms with Crippen molar-refractivity contribution in [3.8, 4) is 0 Å². The molecule has 1 N–H and O–H groups in total. The lowest BCUT2D eigenvalue weighted by Crippen LogP contribution is -2.31. The van der Waals surface area contributed by atoms with E-state index in [4.69, 9.17) is 4.52 Å². The van der Waals surface area contributed by atoms with Crippen molar-refractivity contribution < 1.29 is 9.32 Å². The van der Waals surface area contributed by atoms with Crippen LogP contribution >= 0.6 is 0 Å². The zero-order valence-electron chi connectivity index (χ0n) is 10.3. The van der Waals surface area contributed by atoms with Gasteiger partial charge in [0.25, 0.3) is 11.7 Å². The van der Waals surface area contributed by atoms with E-state index in [1.54, 1.807) is 4.90 Å². The van der Waals surface area contributed by atoms with Gasteiger partial charge in [-0.25, -0.2) is 0 Å². The molecule has 1 aromatic heterocycles. The van der Waals surface area contributed by atoms with Gasteiger partial charge in [0.15, 0.2) is 0 Å². The average molecular weight is 238 g/mol. The lowest BCUT2D eigenvalue weighted by atomic mass is 10.2. The molecule has 0 saturated carbocycles.